The summed E-state index contributed by atoms with van der Waals surface area (Å²) in [5.74, 6) is 0.396. The minimum atomic E-state index is -0.303. The van der Waals surface area contributed by atoms with Crippen LogP contribution in [0.25, 0.3) is 17.2 Å². The molecule has 0 saturated carbocycles. The van der Waals surface area contributed by atoms with Gasteiger partial charge in [0, 0.05) is 18.9 Å². The highest BCUT2D eigenvalue weighted by atomic mass is 16.2. The molecule has 1 N–H and O–H groups in total. The van der Waals surface area contributed by atoms with Gasteiger partial charge in [-0.25, -0.2) is 9.67 Å². The smallest absolute Gasteiger partial charge is 0.279 e. The molecular formula is C23H22N6O2. The fourth-order valence-corrected chi connectivity index (χ4v) is 3.50. The zero-order valence-electron chi connectivity index (χ0n) is 17.2. The van der Waals surface area contributed by atoms with Crippen molar-refractivity contribution in [3.05, 3.63) is 89.2 Å². The largest absolute Gasteiger partial charge is 0.305 e. The van der Waals surface area contributed by atoms with Crippen LogP contribution in [0.15, 0.2) is 72.3 Å². The number of allylic oxidation sites excluding steroid dienone is 5. The quantitative estimate of drug-likeness (QED) is 0.647. The van der Waals surface area contributed by atoms with Gasteiger partial charge in [0.15, 0.2) is 11.5 Å². The Morgan fingerprint density at radius 2 is 2.16 bits per heavy atom. The average molecular weight is 414 g/mol. The topological polar surface area (TPSA) is 96.8 Å². The number of fused-ring (bicyclic) bond motifs is 1. The third kappa shape index (κ3) is 4.00. The molecule has 3 aromatic heterocycles. The molecule has 4 heterocycles. The zero-order chi connectivity index (χ0) is 21.8. The first-order chi connectivity index (χ1) is 15.1. The highest BCUT2D eigenvalue weighted by Crippen LogP contribution is 2.25. The van der Waals surface area contributed by atoms with Gasteiger partial charge < -0.3 is 4.98 Å². The Bertz CT molecular complexity index is 1240. The van der Waals surface area contributed by atoms with Gasteiger partial charge in [0.05, 0.1) is 11.3 Å². The van der Waals surface area contributed by atoms with E-state index in [1.54, 1.807) is 47.4 Å². The standard InChI is InChI=1S/C23H22N6O2/c1-3-8-16(9-4-2)29-15-12-19(27-29)23(31)28-14-7-10-17-21(28)25-20(26-22(17)30)18-11-5-6-13-24-18/h3-6,8-9,11-13,15H,1,7,10,14H2,2H3,(H,25,26,30)/b9-4-,16-8+. The third-order valence-electron chi connectivity index (χ3n) is 4.91. The molecule has 156 valence electrons. The van der Waals surface area contributed by atoms with Gasteiger partial charge in [0.2, 0.25) is 0 Å². The molecule has 0 saturated heterocycles. The minimum absolute atomic E-state index is 0.252. The molecule has 0 unspecified atom stereocenters. The normalized spacial score (nSPS) is 14.0. The molecule has 0 atom stereocenters. The van der Waals surface area contributed by atoms with Gasteiger partial charge in [0.25, 0.3) is 11.5 Å². The predicted molar refractivity (Wildman–Crippen MR) is 120 cm³/mol. The molecule has 0 spiro atoms. The van der Waals surface area contributed by atoms with Crippen molar-refractivity contribution in [3.63, 3.8) is 0 Å². The summed E-state index contributed by atoms with van der Waals surface area (Å²) in [6.07, 6.45) is 11.8. The molecule has 1 aliphatic rings. The number of anilines is 1. The molecule has 0 aromatic carbocycles. The lowest BCUT2D eigenvalue weighted by molar-refractivity contribution is 0.0979. The molecule has 8 nitrogen and oxygen atoms in total. The van der Waals surface area contributed by atoms with Crippen molar-refractivity contribution in [1.82, 2.24) is 24.7 Å². The van der Waals surface area contributed by atoms with E-state index in [2.05, 4.69) is 26.6 Å². The van der Waals surface area contributed by atoms with Gasteiger partial charge in [-0.05, 0) is 50.1 Å². The van der Waals surface area contributed by atoms with Crippen LogP contribution < -0.4 is 10.5 Å². The second-order valence-corrected chi connectivity index (χ2v) is 6.96. The van der Waals surface area contributed by atoms with Crippen LogP contribution in [0.5, 0.6) is 0 Å². The first-order valence-electron chi connectivity index (χ1n) is 10.00. The molecule has 0 bridgehead atoms. The van der Waals surface area contributed by atoms with Crippen LogP contribution in [0.2, 0.25) is 0 Å². The van der Waals surface area contributed by atoms with Crippen LogP contribution in [-0.2, 0) is 6.42 Å². The molecule has 1 amide bonds. The van der Waals surface area contributed by atoms with E-state index >= 15 is 0 Å². The van der Waals surface area contributed by atoms with Crippen LogP contribution >= 0.6 is 0 Å². The first-order valence-corrected chi connectivity index (χ1v) is 10.00. The Kier molecular flexibility index (Phi) is 5.70. The van der Waals surface area contributed by atoms with Gasteiger partial charge in [-0.2, -0.15) is 5.10 Å². The maximum absolute atomic E-state index is 13.3. The lowest BCUT2D eigenvalue weighted by Crippen LogP contribution is -2.39. The summed E-state index contributed by atoms with van der Waals surface area (Å²) in [5.41, 5.74) is 1.84. The Labute approximate surface area is 179 Å². The number of H-pyrrole nitrogens is 1. The summed E-state index contributed by atoms with van der Waals surface area (Å²) in [5, 5.41) is 4.43. The molecule has 0 aliphatic carbocycles. The predicted octanol–water partition coefficient (Wildman–Crippen LogP) is 3.22. The Morgan fingerprint density at radius 1 is 1.29 bits per heavy atom. The van der Waals surface area contributed by atoms with Crippen molar-refractivity contribution in [3.8, 4) is 11.5 Å². The number of amides is 1. The van der Waals surface area contributed by atoms with Crippen LogP contribution in [0.4, 0.5) is 5.82 Å². The van der Waals surface area contributed by atoms with Crippen LogP contribution in [-0.4, -0.2) is 37.2 Å². The molecular weight excluding hydrogens is 392 g/mol. The molecule has 3 aromatic rings. The van der Waals surface area contributed by atoms with E-state index in [0.717, 1.165) is 5.70 Å². The van der Waals surface area contributed by atoms with E-state index in [4.69, 9.17) is 0 Å². The number of carbonyl (C=O) groups excluding carboxylic acids is 1. The maximum Gasteiger partial charge on any atom is 0.279 e. The number of aromatic nitrogens is 5. The van der Waals surface area contributed by atoms with E-state index in [-0.39, 0.29) is 17.2 Å². The summed E-state index contributed by atoms with van der Waals surface area (Å²) in [7, 11) is 0. The lowest BCUT2D eigenvalue weighted by atomic mass is 10.1. The summed E-state index contributed by atoms with van der Waals surface area (Å²) >= 11 is 0. The van der Waals surface area contributed by atoms with Crippen molar-refractivity contribution in [2.45, 2.75) is 19.8 Å². The molecule has 4 rings (SSSR count). The van der Waals surface area contributed by atoms with E-state index in [0.29, 0.717) is 42.3 Å². The van der Waals surface area contributed by atoms with E-state index in [1.165, 1.54) is 4.90 Å². The molecule has 0 radical (unpaired) electrons. The van der Waals surface area contributed by atoms with Gasteiger partial charge >= 0.3 is 0 Å². The fourth-order valence-electron chi connectivity index (χ4n) is 3.50. The number of hydrogen-bond donors (Lipinski definition) is 1. The van der Waals surface area contributed by atoms with Crippen LogP contribution in [0.3, 0.4) is 0 Å². The summed E-state index contributed by atoms with van der Waals surface area (Å²) < 4.78 is 1.62. The number of nitrogens with one attached hydrogen (secondary N) is 1. The van der Waals surface area contributed by atoms with Crippen molar-refractivity contribution >= 4 is 17.4 Å². The second-order valence-electron chi connectivity index (χ2n) is 6.96. The minimum Gasteiger partial charge on any atom is -0.305 e. The van der Waals surface area contributed by atoms with Crippen molar-refractivity contribution < 1.29 is 4.79 Å². The summed E-state index contributed by atoms with van der Waals surface area (Å²) in [6, 6.07) is 7.02. The van der Waals surface area contributed by atoms with Crippen molar-refractivity contribution in [2.75, 3.05) is 11.4 Å². The highest BCUT2D eigenvalue weighted by molar-refractivity contribution is 6.05. The number of pyridine rings is 1. The van der Waals surface area contributed by atoms with Gasteiger partial charge in [-0.1, -0.05) is 24.8 Å². The van der Waals surface area contributed by atoms with E-state index < -0.39 is 0 Å². The lowest BCUT2D eigenvalue weighted by Gasteiger charge is -2.27. The number of nitrogens with zero attached hydrogens (tertiary/aromatic N) is 5. The number of hydrogen-bond acceptors (Lipinski definition) is 5. The number of rotatable bonds is 5. The molecule has 8 heteroatoms. The second kappa shape index (κ2) is 8.74. The fraction of sp³-hybridized carbons (Fsp3) is 0.174. The van der Waals surface area contributed by atoms with E-state index in [9.17, 15) is 9.59 Å². The van der Waals surface area contributed by atoms with Gasteiger partial charge in [0.1, 0.15) is 11.5 Å². The molecule has 0 fully saturated rings. The van der Waals surface area contributed by atoms with Gasteiger partial charge in [-0.3, -0.25) is 19.5 Å². The maximum atomic E-state index is 13.3. The number of aromatic amines is 1. The third-order valence-corrected chi connectivity index (χ3v) is 4.91. The SMILES string of the molecule is C=C/C=C(\C=C/C)n1ccc(C(=O)N2CCCc3c2nc(-c2ccccn2)[nH]c3=O)n1. The Balaban J connectivity index is 1.72. The van der Waals surface area contributed by atoms with Crippen LogP contribution in [0, 0.1) is 0 Å². The molecule has 31 heavy (non-hydrogen) atoms. The average Bonchev–Trinajstić information content (AvgIpc) is 3.29. The van der Waals surface area contributed by atoms with Crippen LogP contribution in [0.1, 0.15) is 29.4 Å². The number of carbonyl (C=O) groups is 1. The van der Waals surface area contributed by atoms with Crippen molar-refractivity contribution in [1.29, 1.82) is 0 Å². The Morgan fingerprint density at radius 3 is 2.90 bits per heavy atom. The summed E-state index contributed by atoms with van der Waals surface area (Å²) in [4.78, 5) is 39.1. The molecule has 1 aliphatic heterocycles. The van der Waals surface area contributed by atoms with Crippen molar-refractivity contribution in [2.24, 2.45) is 0 Å². The van der Waals surface area contributed by atoms with Gasteiger partial charge in [-0.15, -0.1) is 0 Å². The van der Waals surface area contributed by atoms with E-state index in [1.807, 2.05) is 25.1 Å². The highest BCUT2D eigenvalue weighted by Gasteiger charge is 2.29. The monoisotopic (exact) mass is 414 g/mol. The first kappa shape index (κ1) is 20.2. The zero-order valence-corrected chi connectivity index (χ0v) is 17.2. The summed E-state index contributed by atoms with van der Waals surface area (Å²) in [6.45, 7) is 6.08. The Hall–Kier alpha value is -4.07.